The molecule has 156 valence electrons. The van der Waals surface area contributed by atoms with Gasteiger partial charge in [0, 0.05) is 18.7 Å². The molecule has 2 aliphatic rings. The summed E-state index contributed by atoms with van der Waals surface area (Å²) in [5, 5.41) is 0. The number of rotatable bonds is 8. The van der Waals surface area contributed by atoms with Gasteiger partial charge in [0.25, 0.3) is 0 Å². The molecule has 0 spiro atoms. The molecule has 0 radical (unpaired) electrons. The number of carbonyl (C=O) groups is 1. The van der Waals surface area contributed by atoms with Gasteiger partial charge in [0.15, 0.2) is 0 Å². The molecule has 1 aromatic rings. The minimum absolute atomic E-state index is 0.0184. The van der Waals surface area contributed by atoms with Crippen LogP contribution in [0.15, 0.2) is 0 Å². The van der Waals surface area contributed by atoms with E-state index >= 15 is 0 Å². The number of nitrogen functional groups attached to an aromatic ring is 1. The molecule has 1 unspecified atom stereocenters. The highest BCUT2D eigenvalue weighted by atomic mass is 16.5. The first-order valence-electron chi connectivity index (χ1n) is 10.6. The fourth-order valence-corrected chi connectivity index (χ4v) is 4.30. The Morgan fingerprint density at radius 2 is 2.18 bits per heavy atom. The van der Waals surface area contributed by atoms with E-state index in [4.69, 9.17) is 15.2 Å². The van der Waals surface area contributed by atoms with Crippen molar-refractivity contribution in [1.82, 2.24) is 9.97 Å². The van der Waals surface area contributed by atoms with Crippen molar-refractivity contribution in [1.29, 1.82) is 0 Å². The van der Waals surface area contributed by atoms with Crippen LogP contribution in [0.2, 0.25) is 0 Å². The van der Waals surface area contributed by atoms with Gasteiger partial charge >= 0.3 is 6.01 Å². The van der Waals surface area contributed by atoms with Crippen LogP contribution in [0.25, 0.3) is 0 Å². The molecule has 1 fully saturated rings. The molecule has 28 heavy (non-hydrogen) atoms. The fraction of sp³-hybridized carbons (Fsp3) is 0.762. The predicted molar refractivity (Wildman–Crippen MR) is 109 cm³/mol. The van der Waals surface area contributed by atoms with Gasteiger partial charge in [-0.1, -0.05) is 13.3 Å². The van der Waals surface area contributed by atoms with E-state index in [-0.39, 0.29) is 30.0 Å². The molecule has 0 bridgehead atoms. The summed E-state index contributed by atoms with van der Waals surface area (Å²) in [5.41, 5.74) is 6.79. The number of hydrogen-bond donors (Lipinski definition) is 1. The van der Waals surface area contributed by atoms with E-state index in [0.29, 0.717) is 24.1 Å². The van der Waals surface area contributed by atoms with E-state index < -0.39 is 0 Å². The summed E-state index contributed by atoms with van der Waals surface area (Å²) in [6.45, 7) is 9.89. The van der Waals surface area contributed by atoms with Crippen molar-refractivity contribution >= 4 is 17.5 Å². The highest BCUT2D eigenvalue weighted by Gasteiger charge is 2.33. The number of fused-ring (bicyclic) bond motifs is 1. The summed E-state index contributed by atoms with van der Waals surface area (Å²) >= 11 is 0. The third kappa shape index (κ3) is 4.93. The fourth-order valence-electron chi connectivity index (χ4n) is 4.30. The molecule has 1 aromatic heterocycles. The van der Waals surface area contributed by atoms with Gasteiger partial charge in [0.2, 0.25) is 5.91 Å². The number of anilines is 2. The Morgan fingerprint density at radius 1 is 1.39 bits per heavy atom. The molecule has 0 aromatic carbocycles. The Balaban J connectivity index is 1.64. The van der Waals surface area contributed by atoms with Crippen molar-refractivity contribution < 1.29 is 14.3 Å². The van der Waals surface area contributed by atoms with Crippen molar-refractivity contribution in [2.45, 2.75) is 84.3 Å². The van der Waals surface area contributed by atoms with E-state index in [0.717, 1.165) is 50.7 Å². The average molecular weight is 391 g/mol. The zero-order valence-corrected chi connectivity index (χ0v) is 17.7. The van der Waals surface area contributed by atoms with Crippen molar-refractivity contribution in [2.24, 2.45) is 5.92 Å². The second-order valence-corrected chi connectivity index (χ2v) is 8.74. The third-order valence-electron chi connectivity index (χ3n) is 5.68. The van der Waals surface area contributed by atoms with Crippen LogP contribution in [0.1, 0.15) is 71.8 Å². The van der Waals surface area contributed by atoms with E-state index in [1.54, 1.807) is 4.90 Å². The zero-order valence-electron chi connectivity index (χ0n) is 17.7. The Kier molecular flexibility index (Phi) is 6.43. The summed E-state index contributed by atoms with van der Waals surface area (Å²) < 4.78 is 11.6. The molecule has 3 rings (SSSR count). The van der Waals surface area contributed by atoms with Crippen LogP contribution >= 0.6 is 0 Å². The smallest absolute Gasteiger partial charge is 0.320 e. The van der Waals surface area contributed by atoms with Crippen LogP contribution in [-0.2, 0) is 16.0 Å². The molecule has 1 saturated heterocycles. The zero-order chi connectivity index (χ0) is 20.3. The second-order valence-electron chi connectivity index (χ2n) is 8.74. The first-order valence-corrected chi connectivity index (χ1v) is 10.6. The predicted octanol–water partition coefficient (Wildman–Crippen LogP) is 3.50. The molecule has 2 atom stereocenters. The van der Waals surface area contributed by atoms with E-state index in [1.165, 1.54) is 0 Å². The first-order chi connectivity index (χ1) is 13.3. The quantitative estimate of drug-likeness (QED) is 0.730. The number of nitrogens with two attached hydrogens (primary N) is 1. The van der Waals surface area contributed by atoms with E-state index in [2.05, 4.69) is 30.7 Å². The number of aromatic nitrogens is 2. The highest BCUT2D eigenvalue weighted by Crippen LogP contribution is 2.34. The maximum absolute atomic E-state index is 12.5. The topological polar surface area (TPSA) is 90.6 Å². The number of amides is 1. The minimum atomic E-state index is -0.0396. The minimum Gasteiger partial charge on any atom is -0.460 e. The van der Waals surface area contributed by atoms with Gasteiger partial charge in [-0.25, -0.2) is 0 Å². The normalized spacial score (nSPS) is 22.2. The molecule has 0 saturated carbocycles. The van der Waals surface area contributed by atoms with Crippen LogP contribution in [-0.4, -0.2) is 40.7 Å². The van der Waals surface area contributed by atoms with Gasteiger partial charge in [-0.15, -0.1) is 0 Å². The average Bonchev–Trinajstić information content (AvgIpc) is 2.91. The van der Waals surface area contributed by atoms with Gasteiger partial charge in [0.05, 0.1) is 18.1 Å². The largest absolute Gasteiger partial charge is 0.460 e. The Bertz CT molecular complexity index is 707. The lowest BCUT2D eigenvalue weighted by atomic mass is 9.85. The van der Waals surface area contributed by atoms with E-state index in [9.17, 15) is 4.79 Å². The van der Waals surface area contributed by atoms with Crippen molar-refractivity contribution in [2.75, 3.05) is 23.8 Å². The maximum Gasteiger partial charge on any atom is 0.320 e. The SMILES string of the molecule is CCC[C@@H](C)Oc1nc(N)c2c(n1)N(CCCC1CCOC(C)(C)C1)C(=O)C2. The van der Waals surface area contributed by atoms with E-state index in [1.807, 2.05) is 6.92 Å². The lowest BCUT2D eigenvalue weighted by Gasteiger charge is -2.35. The van der Waals surface area contributed by atoms with Crippen molar-refractivity contribution in [3.05, 3.63) is 5.56 Å². The van der Waals surface area contributed by atoms with Gasteiger partial charge in [-0.2, -0.15) is 9.97 Å². The summed E-state index contributed by atoms with van der Waals surface area (Å²) in [7, 11) is 0. The van der Waals surface area contributed by atoms with Gasteiger partial charge in [-0.3, -0.25) is 9.69 Å². The molecular formula is C21H34N4O3. The molecule has 7 nitrogen and oxygen atoms in total. The van der Waals surface area contributed by atoms with Crippen molar-refractivity contribution in [3.8, 4) is 6.01 Å². The monoisotopic (exact) mass is 390 g/mol. The lowest BCUT2D eigenvalue weighted by Crippen LogP contribution is -2.34. The highest BCUT2D eigenvalue weighted by molar-refractivity contribution is 6.01. The van der Waals surface area contributed by atoms with Crippen LogP contribution in [0.3, 0.4) is 0 Å². The molecular weight excluding hydrogens is 356 g/mol. The van der Waals surface area contributed by atoms with Crippen LogP contribution in [0.4, 0.5) is 11.6 Å². The maximum atomic E-state index is 12.5. The summed E-state index contributed by atoms with van der Waals surface area (Å²) in [5.74, 6) is 1.67. The van der Waals surface area contributed by atoms with Gasteiger partial charge in [0.1, 0.15) is 11.6 Å². The number of nitrogens with zero attached hydrogens (tertiary/aromatic N) is 3. The molecule has 0 aliphatic carbocycles. The number of ether oxygens (including phenoxy) is 2. The number of hydrogen-bond acceptors (Lipinski definition) is 6. The lowest BCUT2D eigenvalue weighted by molar-refractivity contribution is -0.117. The Hall–Kier alpha value is -1.89. The molecule has 7 heteroatoms. The summed E-state index contributed by atoms with van der Waals surface area (Å²) in [6, 6.07) is 0.267. The molecule has 3 heterocycles. The first kappa shape index (κ1) is 20.8. The Morgan fingerprint density at radius 3 is 2.89 bits per heavy atom. The third-order valence-corrected chi connectivity index (χ3v) is 5.68. The van der Waals surface area contributed by atoms with Crippen LogP contribution in [0, 0.1) is 5.92 Å². The van der Waals surface area contributed by atoms with Crippen molar-refractivity contribution in [3.63, 3.8) is 0 Å². The second kappa shape index (κ2) is 8.64. The van der Waals surface area contributed by atoms with Gasteiger partial charge < -0.3 is 15.2 Å². The van der Waals surface area contributed by atoms with Gasteiger partial charge in [-0.05, 0) is 58.8 Å². The molecule has 1 amide bonds. The van der Waals surface area contributed by atoms with Crippen LogP contribution < -0.4 is 15.4 Å². The molecule has 2 N–H and O–H groups in total. The summed E-state index contributed by atoms with van der Waals surface area (Å²) in [4.78, 5) is 23.1. The standard InChI is InChI=1S/C21H34N4O3/c1-5-7-14(2)28-20-23-18(22)16-12-17(26)25(19(16)24-20)10-6-8-15-9-11-27-21(3,4)13-15/h14-15H,5-13H2,1-4H3,(H2,22,23,24)/t14-,15?/m1/s1. The Labute approximate surface area is 168 Å². The summed E-state index contributed by atoms with van der Waals surface area (Å²) in [6.07, 6.45) is 6.43. The van der Waals surface area contributed by atoms with Crippen LogP contribution in [0.5, 0.6) is 6.01 Å². The molecule has 2 aliphatic heterocycles. The number of carbonyl (C=O) groups excluding carboxylic acids is 1.